The summed E-state index contributed by atoms with van der Waals surface area (Å²) >= 11 is 0. The average Bonchev–Trinajstić information content (AvgIpc) is 3.46. The summed E-state index contributed by atoms with van der Waals surface area (Å²) in [6.45, 7) is 7.50. The van der Waals surface area contributed by atoms with Crippen LogP contribution < -0.4 is 10.6 Å². The second-order valence-corrected chi connectivity index (χ2v) is 11.1. The summed E-state index contributed by atoms with van der Waals surface area (Å²) in [6, 6.07) is 7.20. The van der Waals surface area contributed by atoms with Crippen LogP contribution in [-0.4, -0.2) is 55.6 Å². The Labute approximate surface area is 219 Å². The molecule has 0 bridgehead atoms. The van der Waals surface area contributed by atoms with Crippen molar-refractivity contribution in [3.05, 3.63) is 59.7 Å². The number of likely N-dealkylation sites (tertiary alicyclic amines) is 1. The number of hydrogen-bond donors (Lipinski definition) is 2. The van der Waals surface area contributed by atoms with Crippen molar-refractivity contribution in [1.82, 2.24) is 34.7 Å². The van der Waals surface area contributed by atoms with Crippen LogP contribution in [0.1, 0.15) is 43.6 Å². The lowest BCUT2D eigenvalue weighted by Gasteiger charge is -2.48. The second kappa shape index (κ2) is 9.06. The van der Waals surface area contributed by atoms with Gasteiger partial charge in [-0.25, -0.2) is 28.7 Å². The van der Waals surface area contributed by atoms with Gasteiger partial charge in [0, 0.05) is 43.9 Å². The van der Waals surface area contributed by atoms with Gasteiger partial charge >= 0.3 is 0 Å². The number of rotatable bonds is 5. The van der Waals surface area contributed by atoms with Crippen molar-refractivity contribution in [2.45, 2.75) is 45.2 Å². The zero-order valence-electron chi connectivity index (χ0n) is 21.3. The summed E-state index contributed by atoms with van der Waals surface area (Å²) < 4.78 is 31.9. The maximum absolute atomic E-state index is 15.0. The average molecular weight is 517 g/mol. The lowest BCUT2D eigenvalue weighted by molar-refractivity contribution is 0.0520. The standard InChI is InChI=1S/C28H30F2N8/c1-17-2-5-24-35-26-20(29)10-19(11-22(26)38(17)24)25-21(30)13-33-27(36-25)34-23-4-3-18(12-32-23)14-37-8-6-28(7-9-37)15-31-16-28/h3-4,10-13,17,31H,2,5-9,14-16H2,1H3,(H,32,33,34,36). The molecular formula is C28H30F2N8. The molecule has 0 radical (unpaired) electrons. The predicted molar refractivity (Wildman–Crippen MR) is 141 cm³/mol. The Morgan fingerprint density at radius 3 is 2.63 bits per heavy atom. The fourth-order valence-electron chi connectivity index (χ4n) is 6.08. The molecule has 0 aliphatic carbocycles. The van der Waals surface area contributed by atoms with Crippen LogP contribution in [0.15, 0.2) is 36.7 Å². The number of aromatic nitrogens is 5. The van der Waals surface area contributed by atoms with Crippen LogP contribution in [0.2, 0.25) is 0 Å². The highest BCUT2D eigenvalue weighted by Crippen LogP contribution is 2.36. The van der Waals surface area contributed by atoms with Crippen molar-refractivity contribution in [3.63, 3.8) is 0 Å². The highest BCUT2D eigenvalue weighted by Gasteiger charge is 2.39. The predicted octanol–water partition coefficient (Wildman–Crippen LogP) is 4.60. The normalized spacial score (nSPS) is 20.6. The zero-order valence-corrected chi connectivity index (χ0v) is 21.3. The lowest BCUT2D eigenvalue weighted by Crippen LogP contribution is -2.58. The first-order valence-corrected chi connectivity index (χ1v) is 13.3. The van der Waals surface area contributed by atoms with Crippen molar-refractivity contribution >= 4 is 22.8 Å². The van der Waals surface area contributed by atoms with E-state index < -0.39 is 11.6 Å². The minimum Gasteiger partial charge on any atom is -0.325 e. The number of aryl methyl sites for hydroxylation is 1. The van der Waals surface area contributed by atoms with Gasteiger partial charge < -0.3 is 15.2 Å². The van der Waals surface area contributed by atoms with Crippen molar-refractivity contribution < 1.29 is 8.78 Å². The van der Waals surface area contributed by atoms with Gasteiger partial charge in [-0.3, -0.25) is 4.90 Å². The first kappa shape index (κ1) is 23.6. The summed E-state index contributed by atoms with van der Waals surface area (Å²) in [5.74, 6) is 0.527. The SMILES string of the molecule is CC1CCc2nc3c(F)cc(-c4nc(Nc5ccc(CN6CCC7(CC6)CNC7)cn5)ncc4F)cc3n21. The maximum Gasteiger partial charge on any atom is 0.229 e. The van der Waals surface area contributed by atoms with Crippen LogP contribution >= 0.6 is 0 Å². The van der Waals surface area contributed by atoms with Crippen LogP contribution in [0.5, 0.6) is 0 Å². The third-order valence-corrected chi connectivity index (χ3v) is 8.45. The zero-order chi connectivity index (χ0) is 25.9. The fourth-order valence-corrected chi connectivity index (χ4v) is 6.08. The molecule has 6 heterocycles. The van der Waals surface area contributed by atoms with E-state index in [1.807, 2.05) is 22.9 Å². The molecule has 3 aromatic heterocycles. The lowest BCUT2D eigenvalue weighted by atomic mass is 9.73. The summed E-state index contributed by atoms with van der Waals surface area (Å²) in [5.41, 5.74) is 3.04. The molecule has 2 N–H and O–H groups in total. The van der Waals surface area contributed by atoms with Gasteiger partial charge in [-0.1, -0.05) is 6.07 Å². The van der Waals surface area contributed by atoms with Gasteiger partial charge in [-0.2, -0.15) is 0 Å². The van der Waals surface area contributed by atoms with Crippen LogP contribution in [0.3, 0.4) is 0 Å². The Balaban J connectivity index is 1.08. The molecule has 38 heavy (non-hydrogen) atoms. The number of nitrogens with zero attached hydrogens (tertiary/aromatic N) is 6. The molecule has 3 aliphatic rings. The van der Waals surface area contributed by atoms with E-state index in [-0.39, 0.29) is 17.7 Å². The minimum absolute atomic E-state index is 0.0330. The highest BCUT2D eigenvalue weighted by atomic mass is 19.1. The highest BCUT2D eigenvalue weighted by molar-refractivity contribution is 5.83. The van der Waals surface area contributed by atoms with E-state index in [1.165, 1.54) is 18.9 Å². The minimum atomic E-state index is -0.618. The van der Waals surface area contributed by atoms with Crippen LogP contribution in [0.25, 0.3) is 22.3 Å². The largest absolute Gasteiger partial charge is 0.325 e. The van der Waals surface area contributed by atoms with Gasteiger partial charge in [0.05, 0.1) is 11.7 Å². The van der Waals surface area contributed by atoms with Gasteiger partial charge in [0.15, 0.2) is 11.6 Å². The van der Waals surface area contributed by atoms with Crippen LogP contribution in [0, 0.1) is 17.0 Å². The molecule has 1 aromatic carbocycles. The molecule has 1 spiro atoms. The van der Waals surface area contributed by atoms with E-state index in [0.29, 0.717) is 27.8 Å². The molecule has 8 nitrogen and oxygen atoms in total. The number of pyridine rings is 1. The third-order valence-electron chi connectivity index (χ3n) is 8.45. The Kier molecular flexibility index (Phi) is 5.63. The number of piperidine rings is 1. The number of halogens is 2. The topological polar surface area (TPSA) is 83.8 Å². The Hall–Kier alpha value is -3.50. The van der Waals surface area contributed by atoms with E-state index in [1.54, 1.807) is 6.07 Å². The Morgan fingerprint density at radius 1 is 1.05 bits per heavy atom. The molecule has 1 atom stereocenters. The second-order valence-electron chi connectivity index (χ2n) is 11.1. The molecule has 3 aliphatic heterocycles. The molecule has 0 saturated carbocycles. The number of nitrogens with one attached hydrogen (secondary N) is 2. The van der Waals surface area contributed by atoms with Gasteiger partial charge in [0.25, 0.3) is 0 Å². The summed E-state index contributed by atoms with van der Waals surface area (Å²) in [7, 11) is 0. The number of benzene rings is 1. The monoisotopic (exact) mass is 516 g/mol. The van der Waals surface area contributed by atoms with E-state index in [9.17, 15) is 8.78 Å². The van der Waals surface area contributed by atoms with Gasteiger partial charge in [0.2, 0.25) is 5.95 Å². The van der Waals surface area contributed by atoms with Gasteiger partial charge in [0.1, 0.15) is 22.9 Å². The van der Waals surface area contributed by atoms with Crippen molar-refractivity contribution in [1.29, 1.82) is 0 Å². The summed E-state index contributed by atoms with van der Waals surface area (Å²) in [6.07, 6.45) is 7.22. The first-order chi connectivity index (χ1) is 18.5. The Bertz CT molecular complexity index is 1500. The molecule has 0 amide bonds. The smallest absolute Gasteiger partial charge is 0.229 e. The number of fused-ring (bicyclic) bond motifs is 3. The van der Waals surface area contributed by atoms with E-state index >= 15 is 0 Å². The van der Waals surface area contributed by atoms with E-state index in [4.69, 9.17) is 0 Å². The van der Waals surface area contributed by atoms with Crippen molar-refractivity contribution in [2.24, 2.45) is 5.41 Å². The van der Waals surface area contributed by atoms with Gasteiger partial charge in [-0.15, -0.1) is 0 Å². The summed E-state index contributed by atoms with van der Waals surface area (Å²) in [5, 5.41) is 6.47. The molecule has 4 aromatic rings. The first-order valence-electron chi connectivity index (χ1n) is 13.3. The quantitative estimate of drug-likeness (QED) is 0.401. The number of imidazole rings is 1. The number of hydrogen-bond acceptors (Lipinski definition) is 7. The fraction of sp³-hybridized carbons (Fsp3) is 0.429. The third kappa shape index (κ3) is 4.12. The molecule has 196 valence electrons. The summed E-state index contributed by atoms with van der Waals surface area (Å²) in [4.78, 5) is 19.9. The number of anilines is 2. The molecule has 10 heteroatoms. The molecule has 7 rings (SSSR count). The Morgan fingerprint density at radius 2 is 1.89 bits per heavy atom. The maximum atomic E-state index is 15.0. The molecule has 2 saturated heterocycles. The molecular weight excluding hydrogens is 486 g/mol. The van der Waals surface area contributed by atoms with Crippen LogP contribution in [0.4, 0.5) is 20.5 Å². The molecule has 1 unspecified atom stereocenters. The molecule has 2 fully saturated rings. The van der Waals surface area contributed by atoms with Gasteiger partial charge in [-0.05, 0) is 68.5 Å². The van der Waals surface area contributed by atoms with Crippen molar-refractivity contribution in [2.75, 3.05) is 31.5 Å². The van der Waals surface area contributed by atoms with E-state index in [2.05, 4.69) is 42.4 Å². The van der Waals surface area contributed by atoms with Crippen molar-refractivity contribution in [3.8, 4) is 11.3 Å². The van der Waals surface area contributed by atoms with Crippen LogP contribution in [-0.2, 0) is 13.0 Å². The van der Waals surface area contributed by atoms with E-state index in [0.717, 1.165) is 63.2 Å².